The van der Waals surface area contributed by atoms with Gasteiger partial charge in [0.05, 0.1) is 0 Å². The average Bonchev–Trinajstić information content (AvgIpc) is 2.64. The Morgan fingerprint density at radius 2 is 1.20 bits per heavy atom. The van der Waals surface area contributed by atoms with Crippen LogP contribution in [-0.4, -0.2) is 56.8 Å². The smallest absolute Gasteiger partial charge is 0.310 e. The van der Waals surface area contributed by atoms with Crippen molar-refractivity contribution in [1.82, 2.24) is 0 Å². The number of hydrogen-bond acceptors (Lipinski definition) is 5. The van der Waals surface area contributed by atoms with Gasteiger partial charge in [0, 0.05) is 0 Å². The minimum atomic E-state index is -1.33. The van der Waals surface area contributed by atoms with Gasteiger partial charge in [-0.3, -0.25) is 9.59 Å². The molecule has 2 aliphatic rings. The molecule has 2 bridgehead atoms. The van der Waals surface area contributed by atoms with Crippen LogP contribution in [-0.2, 0) is 14.3 Å². The third-order valence-electron chi connectivity index (χ3n) is 3.00. The van der Waals surface area contributed by atoms with Crippen LogP contribution >= 0.6 is 0 Å². The number of aliphatic carboxylic acids is 2. The zero-order chi connectivity index (χ0) is 11.3. The SMILES string of the molecule is O=C(O)[C@@H]1[C@H]2O[C@H]([C@@H](O)[C@@H]2O)[C@@H]1C(=O)O. The van der Waals surface area contributed by atoms with Crippen molar-refractivity contribution in [2.75, 3.05) is 0 Å². The quantitative estimate of drug-likeness (QED) is 0.418. The van der Waals surface area contributed by atoms with E-state index in [0.717, 1.165) is 0 Å². The van der Waals surface area contributed by atoms with Gasteiger partial charge in [-0.2, -0.15) is 0 Å². The Morgan fingerprint density at radius 1 is 0.867 bits per heavy atom. The number of carboxylic acids is 2. The molecule has 0 spiro atoms. The number of rotatable bonds is 2. The summed E-state index contributed by atoms with van der Waals surface area (Å²) in [4.78, 5) is 21.6. The van der Waals surface area contributed by atoms with Crippen LogP contribution in [0.1, 0.15) is 0 Å². The number of aliphatic hydroxyl groups is 2. The van der Waals surface area contributed by atoms with Gasteiger partial charge in [0.25, 0.3) is 0 Å². The molecule has 0 aromatic rings. The van der Waals surface area contributed by atoms with Crippen LogP contribution in [0.25, 0.3) is 0 Å². The van der Waals surface area contributed by atoms with Crippen molar-refractivity contribution in [2.45, 2.75) is 24.4 Å². The summed E-state index contributed by atoms with van der Waals surface area (Å²) in [5.74, 6) is -5.27. The van der Waals surface area contributed by atoms with Gasteiger partial charge in [0.1, 0.15) is 36.3 Å². The highest BCUT2D eigenvalue weighted by molar-refractivity contribution is 5.82. The van der Waals surface area contributed by atoms with Gasteiger partial charge >= 0.3 is 11.9 Å². The maximum absolute atomic E-state index is 10.8. The van der Waals surface area contributed by atoms with Gasteiger partial charge in [0.2, 0.25) is 0 Å². The van der Waals surface area contributed by atoms with Crippen molar-refractivity contribution in [3.63, 3.8) is 0 Å². The van der Waals surface area contributed by atoms with Crippen molar-refractivity contribution in [3.8, 4) is 0 Å². The number of carboxylic acid groups (broad SMARTS) is 2. The van der Waals surface area contributed by atoms with Gasteiger partial charge in [0.15, 0.2) is 0 Å². The third kappa shape index (κ3) is 1.24. The zero-order valence-electron chi connectivity index (χ0n) is 7.48. The summed E-state index contributed by atoms with van der Waals surface area (Å²) in [5.41, 5.74) is 0. The van der Waals surface area contributed by atoms with Crippen molar-refractivity contribution >= 4 is 11.9 Å². The summed E-state index contributed by atoms with van der Waals surface area (Å²) in [7, 11) is 0. The molecule has 0 aromatic carbocycles. The lowest BCUT2D eigenvalue weighted by Gasteiger charge is -2.28. The number of hydrogen-bond donors (Lipinski definition) is 4. The highest BCUT2D eigenvalue weighted by atomic mass is 16.6. The predicted molar refractivity (Wildman–Crippen MR) is 42.9 cm³/mol. The van der Waals surface area contributed by atoms with Crippen LogP contribution in [0.15, 0.2) is 0 Å². The van der Waals surface area contributed by atoms with E-state index in [0.29, 0.717) is 0 Å². The summed E-state index contributed by atoms with van der Waals surface area (Å²) < 4.78 is 4.98. The largest absolute Gasteiger partial charge is 0.481 e. The Kier molecular flexibility index (Phi) is 2.18. The summed E-state index contributed by atoms with van der Waals surface area (Å²) >= 11 is 0. The van der Waals surface area contributed by atoms with E-state index in [1.165, 1.54) is 0 Å². The number of ether oxygens (including phenoxy) is 1. The van der Waals surface area contributed by atoms with Crippen LogP contribution in [0.4, 0.5) is 0 Å². The van der Waals surface area contributed by atoms with E-state index in [-0.39, 0.29) is 0 Å². The van der Waals surface area contributed by atoms with E-state index in [4.69, 9.17) is 14.9 Å². The Bertz CT molecular complexity index is 284. The van der Waals surface area contributed by atoms with Crippen molar-refractivity contribution in [2.24, 2.45) is 11.8 Å². The molecule has 4 N–H and O–H groups in total. The lowest BCUT2D eigenvalue weighted by Crippen LogP contribution is -2.51. The molecule has 7 heteroatoms. The minimum Gasteiger partial charge on any atom is -0.481 e. The molecule has 6 atom stereocenters. The van der Waals surface area contributed by atoms with Crippen LogP contribution in [0.5, 0.6) is 0 Å². The first-order chi connectivity index (χ1) is 6.95. The second-order valence-electron chi connectivity index (χ2n) is 3.77. The van der Waals surface area contributed by atoms with Gasteiger partial charge in [-0.1, -0.05) is 0 Å². The predicted octanol–water partition coefficient (Wildman–Crippen LogP) is -2.11. The van der Waals surface area contributed by atoms with Gasteiger partial charge in [-0.15, -0.1) is 0 Å². The molecule has 84 valence electrons. The molecule has 2 fully saturated rings. The molecule has 0 aromatic heterocycles. The molecule has 0 amide bonds. The molecule has 2 aliphatic heterocycles. The van der Waals surface area contributed by atoms with Crippen molar-refractivity contribution in [3.05, 3.63) is 0 Å². The second-order valence-corrected chi connectivity index (χ2v) is 3.77. The summed E-state index contributed by atoms with van der Waals surface area (Å²) in [6.45, 7) is 0. The molecule has 0 saturated carbocycles. The summed E-state index contributed by atoms with van der Waals surface area (Å²) in [6.07, 6.45) is -4.93. The Balaban J connectivity index is 2.32. The fourth-order valence-electron chi connectivity index (χ4n) is 2.32. The summed E-state index contributed by atoms with van der Waals surface area (Å²) in [6, 6.07) is 0. The Morgan fingerprint density at radius 3 is 1.47 bits per heavy atom. The molecule has 2 saturated heterocycles. The van der Waals surface area contributed by atoms with Crippen LogP contribution in [0.3, 0.4) is 0 Å². The molecule has 0 unspecified atom stereocenters. The highest BCUT2D eigenvalue weighted by Crippen LogP contribution is 2.43. The maximum Gasteiger partial charge on any atom is 0.310 e. The van der Waals surface area contributed by atoms with Gasteiger partial charge in [-0.25, -0.2) is 0 Å². The number of carbonyl (C=O) groups is 2. The summed E-state index contributed by atoms with van der Waals surface area (Å²) in [5, 5.41) is 36.4. The topological polar surface area (TPSA) is 124 Å². The fraction of sp³-hybridized carbons (Fsp3) is 0.750. The normalized spacial score (nSPS) is 48.1. The third-order valence-corrected chi connectivity index (χ3v) is 3.00. The van der Waals surface area contributed by atoms with Crippen LogP contribution in [0, 0.1) is 11.8 Å². The first-order valence-electron chi connectivity index (χ1n) is 4.42. The van der Waals surface area contributed by atoms with E-state index in [1.807, 2.05) is 0 Å². The Labute approximate surface area is 83.9 Å². The molecule has 0 aliphatic carbocycles. The molecule has 2 heterocycles. The zero-order valence-corrected chi connectivity index (χ0v) is 7.48. The molecule has 0 radical (unpaired) electrons. The number of fused-ring (bicyclic) bond motifs is 2. The lowest BCUT2D eigenvalue weighted by molar-refractivity contribution is -0.158. The maximum atomic E-state index is 10.8. The first-order valence-corrected chi connectivity index (χ1v) is 4.42. The van der Waals surface area contributed by atoms with Crippen LogP contribution in [0.2, 0.25) is 0 Å². The van der Waals surface area contributed by atoms with E-state index in [2.05, 4.69) is 0 Å². The lowest BCUT2D eigenvalue weighted by atomic mass is 9.76. The molecular formula is C8H10O7. The average molecular weight is 218 g/mol. The fourth-order valence-corrected chi connectivity index (χ4v) is 2.32. The second kappa shape index (κ2) is 3.16. The molecule has 2 rings (SSSR count). The van der Waals surface area contributed by atoms with E-state index in [9.17, 15) is 19.8 Å². The standard InChI is InChI=1S/C8H10O7/c9-3-4(10)6-2(8(13)14)1(7(11)12)5(3)15-6/h1-6,9-10H,(H,11,12)(H,13,14)/t1-,2+,3-,4-,5+,6-/m0/s1. The van der Waals surface area contributed by atoms with Gasteiger partial charge in [-0.05, 0) is 0 Å². The Hall–Kier alpha value is -1.18. The van der Waals surface area contributed by atoms with Crippen LogP contribution < -0.4 is 0 Å². The molecular weight excluding hydrogens is 208 g/mol. The number of aliphatic hydroxyl groups excluding tert-OH is 2. The first kappa shape index (κ1) is 10.3. The molecule has 15 heavy (non-hydrogen) atoms. The minimum absolute atomic E-state index is 1.14. The monoisotopic (exact) mass is 218 g/mol. The van der Waals surface area contributed by atoms with Crippen molar-refractivity contribution in [1.29, 1.82) is 0 Å². The van der Waals surface area contributed by atoms with E-state index in [1.54, 1.807) is 0 Å². The van der Waals surface area contributed by atoms with Crippen molar-refractivity contribution < 1.29 is 34.8 Å². The van der Waals surface area contributed by atoms with Gasteiger partial charge < -0.3 is 25.2 Å². The molecule has 7 nitrogen and oxygen atoms in total. The van der Waals surface area contributed by atoms with E-state index >= 15 is 0 Å². The highest BCUT2D eigenvalue weighted by Gasteiger charge is 2.64. The van der Waals surface area contributed by atoms with E-state index < -0.39 is 48.2 Å².